The summed E-state index contributed by atoms with van der Waals surface area (Å²) < 4.78 is 10.2. The van der Waals surface area contributed by atoms with E-state index in [0.717, 1.165) is 31.4 Å². The quantitative estimate of drug-likeness (QED) is 0.0996. The maximum Gasteiger partial charge on any atom is 0.886 e. The van der Waals surface area contributed by atoms with Crippen molar-refractivity contribution in [1.29, 1.82) is 0 Å². The second kappa shape index (κ2) is 21.7. The molecule has 0 aromatic rings. The van der Waals surface area contributed by atoms with Gasteiger partial charge in [-0.15, -0.1) is 0 Å². The molecule has 0 fully saturated rings. The van der Waals surface area contributed by atoms with E-state index in [1.54, 1.807) is 12.2 Å². The second-order valence-electron chi connectivity index (χ2n) is 9.01. The van der Waals surface area contributed by atoms with Gasteiger partial charge in [-0.25, -0.2) is 0 Å². The molecule has 0 atom stereocenters. The van der Waals surface area contributed by atoms with Crippen LogP contribution in [0.15, 0.2) is 35.6 Å². The van der Waals surface area contributed by atoms with Gasteiger partial charge in [0.25, 0.3) is 18.5 Å². The maximum atomic E-state index is 11.9. The molecule has 0 aromatic heterocycles. The standard InChI is InChI=1S/C20H38O2.C8H7NO2.Al/c1-2-3-4-5-6-7-8-9-10-11-12-13-14-15-16-17-18-19-20(21)22;1-9-7-4-2-6(3-5-7)8(10)11;/h11-12H,2-10,13-19H2,1H3,(H,21,22);1-2,4H,3,5H2;/q;;+2/p-1/b12-11+;;. The van der Waals surface area contributed by atoms with Crippen LogP contribution in [0.2, 0.25) is 0 Å². The summed E-state index contributed by atoms with van der Waals surface area (Å²) in [7, 11) is 0. The minimum absolute atomic E-state index is 0.284. The third-order valence-electron chi connectivity index (χ3n) is 6.03. The molecule has 187 valence electrons. The highest BCUT2D eigenvalue weighted by molar-refractivity contribution is 6.27. The summed E-state index contributed by atoms with van der Waals surface area (Å²) in [6, 6.07) is 0. The van der Waals surface area contributed by atoms with Crippen LogP contribution in [0.3, 0.4) is 0 Å². The predicted octanol–water partition coefficient (Wildman–Crippen LogP) is 7.99. The lowest BCUT2D eigenvalue weighted by atomic mass is 10.0. The van der Waals surface area contributed by atoms with Gasteiger partial charge in [-0.3, -0.25) is 9.59 Å². The fourth-order valence-electron chi connectivity index (χ4n) is 3.85. The summed E-state index contributed by atoms with van der Waals surface area (Å²) in [5.41, 5.74) is 1.31. The molecule has 6 heteroatoms. The summed E-state index contributed by atoms with van der Waals surface area (Å²) in [6.07, 6.45) is 28.4. The number of carbonyl (C=O) groups excluding carboxylic acids is 2. The molecule has 0 N–H and O–H groups in total. The lowest BCUT2D eigenvalue weighted by molar-refractivity contribution is -0.137. The lowest BCUT2D eigenvalue weighted by Crippen LogP contribution is -2.17. The lowest BCUT2D eigenvalue weighted by Gasteiger charge is -2.09. The predicted molar refractivity (Wildman–Crippen MR) is 140 cm³/mol. The summed E-state index contributed by atoms with van der Waals surface area (Å²) >= 11 is -1.11. The highest BCUT2D eigenvalue weighted by Gasteiger charge is 2.21. The van der Waals surface area contributed by atoms with Crippen molar-refractivity contribution in [2.45, 2.75) is 122 Å². The van der Waals surface area contributed by atoms with Crippen LogP contribution in [0, 0.1) is 6.57 Å². The Balaban J connectivity index is 1.87. The zero-order valence-corrected chi connectivity index (χ0v) is 22.4. The van der Waals surface area contributed by atoms with Crippen molar-refractivity contribution in [3.05, 3.63) is 40.4 Å². The van der Waals surface area contributed by atoms with Crippen molar-refractivity contribution in [1.82, 2.24) is 0 Å². The molecule has 5 nitrogen and oxygen atoms in total. The van der Waals surface area contributed by atoms with E-state index >= 15 is 0 Å². The Labute approximate surface area is 214 Å². The van der Waals surface area contributed by atoms with Gasteiger partial charge in [-0.1, -0.05) is 83.3 Å². The van der Waals surface area contributed by atoms with E-state index in [9.17, 15) is 9.59 Å². The van der Waals surface area contributed by atoms with Gasteiger partial charge in [0.1, 0.15) is 0 Å². The minimum Gasteiger partial charge on any atom is -0.589 e. The van der Waals surface area contributed by atoms with Crippen molar-refractivity contribution in [3.63, 3.8) is 0 Å². The Morgan fingerprint density at radius 2 is 1.44 bits per heavy atom. The Kier molecular flexibility index (Phi) is 19.3. The van der Waals surface area contributed by atoms with Crippen molar-refractivity contribution in [3.8, 4) is 6.57 Å². The van der Waals surface area contributed by atoms with Crippen LogP contribution < -0.4 is 0 Å². The molecule has 34 heavy (non-hydrogen) atoms. The molecule has 0 heterocycles. The molecule has 1 radical (unpaired) electrons. The van der Waals surface area contributed by atoms with Crippen molar-refractivity contribution in [2.75, 3.05) is 0 Å². The molecule has 0 bridgehead atoms. The first-order chi connectivity index (χ1) is 16.7. The summed E-state index contributed by atoms with van der Waals surface area (Å²) in [5.74, 6) is -0.713. The smallest absolute Gasteiger partial charge is 0.589 e. The monoisotopic (exact) mass is 485 g/mol. The van der Waals surface area contributed by atoms with E-state index in [1.165, 1.54) is 70.6 Å². The van der Waals surface area contributed by atoms with Gasteiger partial charge in [0, 0.05) is 18.1 Å². The zero-order chi connectivity index (χ0) is 24.7. The molecule has 0 spiro atoms. The maximum absolute atomic E-state index is 11.9. The fraction of sp³-hybridized carbons (Fsp3) is 0.679. The van der Waals surface area contributed by atoms with Crippen molar-refractivity contribution in [2.24, 2.45) is 0 Å². The topological polar surface area (TPSA) is 57.0 Å². The van der Waals surface area contributed by atoms with E-state index in [4.69, 9.17) is 14.1 Å². The van der Waals surface area contributed by atoms with Gasteiger partial charge >= 0.3 is 21.6 Å². The van der Waals surface area contributed by atoms with Crippen LogP contribution in [0.1, 0.15) is 122 Å². The number of rotatable bonds is 20. The molecule has 0 aliphatic heterocycles. The van der Waals surface area contributed by atoms with E-state index in [2.05, 4.69) is 23.9 Å². The molecule has 0 unspecified atom stereocenters. The minimum atomic E-state index is -1.11. The van der Waals surface area contributed by atoms with Crippen molar-refractivity contribution >= 4 is 27.8 Å². The van der Waals surface area contributed by atoms with E-state index in [1.807, 2.05) is 0 Å². The van der Waals surface area contributed by atoms with Crippen LogP contribution >= 0.6 is 0 Å². The number of allylic oxidation sites excluding steroid dienone is 5. The number of hydrogen-bond donors (Lipinski definition) is 0. The molecule has 1 aliphatic carbocycles. The van der Waals surface area contributed by atoms with Crippen LogP contribution in [-0.4, -0.2) is 27.8 Å². The molecule has 0 saturated heterocycles. The summed E-state index contributed by atoms with van der Waals surface area (Å²) in [4.78, 5) is 27.3. The van der Waals surface area contributed by atoms with Gasteiger partial charge in [0.05, 0.1) is 6.42 Å². The van der Waals surface area contributed by atoms with Gasteiger partial charge in [0.2, 0.25) is 0 Å². The third kappa shape index (κ3) is 16.7. The Bertz CT molecular complexity index is 706. The molecule has 1 rings (SSSR count). The van der Waals surface area contributed by atoms with Crippen LogP contribution in [-0.2, 0) is 17.2 Å². The normalized spacial score (nSPS) is 13.2. The zero-order valence-electron chi connectivity index (χ0n) is 21.3. The fourth-order valence-corrected chi connectivity index (χ4v) is 4.37. The summed E-state index contributed by atoms with van der Waals surface area (Å²) in [6.45, 7) is 7.48. The first-order valence-corrected chi connectivity index (χ1v) is 14.3. The largest absolute Gasteiger partial charge is 0.886 e. The third-order valence-corrected chi connectivity index (χ3v) is 6.70. The van der Waals surface area contributed by atoms with Crippen molar-refractivity contribution < 1.29 is 17.2 Å². The van der Waals surface area contributed by atoms with Gasteiger partial charge in [-0.05, 0) is 49.4 Å². The molecule has 0 amide bonds. The Morgan fingerprint density at radius 3 is 2.00 bits per heavy atom. The highest BCUT2D eigenvalue weighted by atomic mass is 27.2. The average molecular weight is 486 g/mol. The van der Waals surface area contributed by atoms with Crippen LogP contribution in [0.25, 0.3) is 4.85 Å². The van der Waals surface area contributed by atoms with Gasteiger partial charge < -0.3 is 7.58 Å². The molecular formula is C28H44AlNO4+. The first kappa shape index (κ1) is 30.2. The van der Waals surface area contributed by atoms with E-state index in [0.29, 0.717) is 24.8 Å². The number of carbonyl (C=O) groups is 2. The average Bonchev–Trinajstić information content (AvgIpc) is 2.86. The molecule has 0 saturated carbocycles. The first-order valence-electron chi connectivity index (χ1n) is 13.3. The number of nitrogens with zero attached hydrogens (tertiary/aromatic N) is 1. The Morgan fingerprint density at radius 1 is 0.853 bits per heavy atom. The summed E-state index contributed by atoms with van der Waals surface area (Å²) in [5, 5.41) is 0. The molecule has 1 aliphatic rings. The molecular weight excluding hydrogens is 441 g/mol. The highest BCUT2D eigenvalue weighted by Crippen LogP contribution is 2.20. The SMILES string of the molecule is C#[N+]C1=CC=C(C(=O)[O][Al][O]C(=O)CCCCCCC/C=C/CCCCCCCCCC)CC1. The number of hydrogen-bond acceptors (Lipinski definition) is 4. The second-order valence-corrected chi connectivity index (χ2v) is 9.68. The number of unbranched alkanes of at least 4 members (excludes halogenated alkanes) is 13. The molecule has 0 aromatic carbocycles. The van der Waals surface area contributed by atoms with E-state index < -0.39 is 21.9 Å². The Hall–Kier alpha value is -1.82. The van der Waals surface area contributed by atoms with Crippen LogP contribution in [0.4, 0.5) is 0 Å². The van der Waals surface area contributed by atoms with Gasteiger partial charge in [-0.2, -0.15) is 0 Å². The van der Waals surface area contributed by atoms with Gasteiger partial charge in [0.15, 0.2) is 0 Å². The van der Waals surface area contributed by atoms with Crippen LogP contribution in [0.5, 0.6) is 0 Å². The van der Waals surface area contributed by atoms with E-state index in [-0.39, 0.29) is 5.97 Å².